The molecule has 1 saturated carbocycles. The molecule has 0 radical (unpaired) electrons. The van der Waals surface area contributed by atoms with Crippen LogP contribution in [0.3, 0.4) is 0 Å². The average Bonchev–Trinajstić information content (AvgIpc) is 2.56. The number of rotatable bonds is 3. The fourth-order valence-electron chi connectivity index (χ4n) is 2.84. The molecular formula is C9H16BF3KN. The van der Waals surface area contributed by atoms with E-state index in [4.69, 9.17) is 0 Å². The molecule has 0 amide bonds. The van der Waals surface area contributed by atoms with E-state index in [1.54, 1.807) is 0 Å². The van der Waals surface area contributed by atoms with Gasteiger partial charge in [0, 0.05) is 13.1 Å². The van der Waals surface area contributed by atoms with Gasteiger partial charge in [-0.3, -0.25) is 0 Å². The Kier molecular flexibility index (Phi) is 5.68. The van der Waals surface area contributed by atoms with Crippen molar-refractivity contribution in [2.45, 2.75) is 25.6 Å². The molecule has 2 aliphatic rings. The largest absolute Gasteiger partial charge is 1.00 e. The van der Waals surface area contributed by atoms with E-state index in [-0.39, 0.29) is 57.9 Å². The van der Waals surface area contributed by atoms with Crippen molar-refractivity contribution in [1.29, 1.82) is 0 Å². The third kappa shape index (κ3) is 4.32. The number of hydrogen-bond acceptors (Lipinski definition) is 1. The van der Waals surface area contributed by atoms with Crippen LogP contribution < -0.4 is 51.4 Å². The molecular weight excluding hydrogens is 229 g/mol. The summed E-state index contributed by atoms with van der Waals surface area (Å²) in [5, 5.41) is 0. The second-order valence-corrected chi connectivity index (χ2v) is 4.71. The van der Waals surface area contributed by atoms with Gasteiger partial charge in [-0.15, -0.1) is 0 Å². The van der Waals surface area contributed by atoms with Gasteiger partial charge in [-0.1, -0.05) is 12.7 Å². The Labute approximate surface area is 132 Å². The first-order valence-electron chi connectivity index (χ1n) is 5.48. The normalized spacial score (nSPS) is 31.4. The predicted molar refractivity (Wildman–Crippen MR) is 51.2 cm³/mol. The van der Waals surface area contributed by atoms with Crippen molar-refractivity contribution in [3.63, 3.8) is 0 Å². The van der Waals surface area contributed by atoms with Crippen LogP contribution in [-0.2, 0) is 0 Å². The van der Waals surface area contributed by atoms with E-state index in [0.717, 1.165) is 13.1 Å². The van der Waals surface area contributed by atoms with Gasteiger partial charge in [0.05, 0.1) is 0 Å². The molecule has 15 heavy (non-hydrogen) atoms. The SMILES string of the molecule is F[B-](F)(F)CCN1CC2CCCC2C1.[K+]. The van der Waals surface area contributed by atoms with Crippen molar-refractivity contribution in [2.75, 3.05) is 19.6 Å². The molecule has 1 aliphatic carbocycles. The van der Waals surface area contributed by atoms with Crippen molar-refractivity contribution >= 4 is 6.98 Å². The molecule has 0 bridgehead atoms. The number of nitrogens with zero attached hydrogens (tertiary/aromatic N) is 1. The average molecular weight is 245 g/mol. The number of hydrogen-bond donors (Lipinski definition) is 0. The van der Waals surface area contributed by atoms with Crippen molar-refractivity contribution < 1.29 is 64.3 Å². The zero-order chi connectivity index (χ0) is 10.2. The first kappa shape index (κ1) is 14.5. The Balaban J connectivity index is 0.00000112. The van der Waals surface area contributed by atoms with Crippen LogP contribution in [0.25, 0.3) is 0 Å². The third-order valence-corrected chi connectivity index (χ3v) is 3.57. The summed E-state index contributed by atoms with van der Waals surface area (Å²) >= 11 is 0. The van der Waals surface area contributed by atoms with E-state index in [2.05, 4.69) is 0 Å². The molecule has 0 N–H and O–H groups in total. The van der Waals surface area contributed by atoms with Crippen LogP contribution in [0.1, 0.15) is 19.3 Å². The van der Waals surface area contributed by atoms with Crippen molar-refractivity contribution in [3.8, 4) is 0 Å². The zero-order valence-corrected chi connectivity index (χ0v) is 12.4. The third-order valence-electron chi connectivity index (χ3n) is 3.57. The topological polar surface area (TPSA) is 3.24 Å². The van der Waals surface area contributed by atoms with E-state index in [1.807, 2.05) is 4.90 Å². The summed E-state index contributed by atoms with van der Waals surface area (Å²) in [7, 11) is 0. The summed E-state index contributed by atoms with van der Waals surface area (Å²) in [6.45, 7) is -2.52. The molecule has 2 unspecified atom stereocenters. The molecule has 0 spiro atoms. The summed E-state index contributed by atoms with van der Waals surface area (Å²) in [5.41, 5.74) is 0. The summed E-state index contributed by atoms with van der Waals surface area (Å²) in [4.78, 5) is 2.00. The first-order chi connectivity index (χ1) is 6.54. The van der Waals surface area contributed by atoms with Crippen molar-refractivity contribution in [2.24, 2.45) is 11.8 Å². The molecule has 2 atom stereocenters. The van der Waals surface area contributed by atoms with Crippen LogP contribution in [0, 0.1) is 11.8 Å². The number of halogens is 3. The minimum absolute atomic E-state index is 0. The summed E-state index contributed by atoms with van der Waals surface area (Å²) in [6, 6.07) is 0. The molecule has 2 fully saturated rings. The van der Waals surface area contributed by atoms with Crippen molar-refractivity contribution in [3.05, 3.63) is 0 Å². The molecule has 0 aromatic carbocycles. The Hall–Kier alpha value is 1.45. The van der Waals surface area contributed by atoms with Crippen LogP contribution in [0.4, 0.5) is 12.9 Å². The smallest absolute Gasteiger partial charge is 0.449 e. The van der Waals surface area contributed by atoms with Gasteiger partial charge >= 0.3 is 58.4 Å². The maximum absolute atomic E-state index is 12.0. The van der Waals surface area contributed by atoms with Crippen LogP contribution in [0.2, 0.25) is 6.32 Å². The second-order valence-electron chi connectivity index (χ2n) is 4.71. The van der Waals surface area contributed by atoms with Gasteiger partial charge in [0.25, 0.3) is 0 Å². The van der Waals surface area contributed by atoms with Crippen LogP contribution >= 0.6 is 0 Å². The van der Waals surface area contributed by atoms with E-state index >= 15 is 0 Å². The summed E-state index contributed by atoms with van der Waals surface area (Å²) < 4.78 is 36.1. The fourth-order valence-corrected chi connectivity index (χ4v) is 2.84. The Bertz CT molecular complexity index is 200. The van der Waals surface area contributed by atoms with Gasteiger partial charge in [-0.2, -0.15) is 0 Å². The molecule has 6 heteroatoms. The van der Waals surface area contributed by atoms with Crippen molar-refractivity contribution in [1.82, 2.24) is 4.90 Å². The van der Waals surface area contributed by atoms with E-state index in [9.17, 15) is 12.9 Å². The molecule has 1 nitrogen and oxygen atoms in total. The van der Waals surface area contributed by atoms with E-state index in [1.165, 1.54) is 19.3 Å². The maximum Gasteiger partial charge on any atom is 1.00 e. The monoisotopic (exact) mass is 245 g/mol. The standard InChI is InChI=1S/C9H16BF3N.K/c11-10(12,13)4-5-14-6-8-2-1-3-9(8)7-14;/h8-9H,1-7H2;/q-1;+1. The second kappa shape index (κ2) is 5.87. The fraction of sp³-hybridized carbons (Fsp3) is 1.00. The van der Waals surface area contributed by atoms with E-state index < -0.39 is 13.3 Å². The molecule has 0 aromatic rings. The summed E-state index contributed by atoms with van der Waals surface area (Å²) in [5.74, 6) is 1.41. The zero-order valence-electron chi connectivity index (χ0n) is 9.26. The van der Waals surface area contributed by atoms with Gasteiger partial charge in [0.1, 0.15) is 0 Å². The van der Waals surface area contributed by atoms with Gasteiger partial charge < -0.3 is 17.8 Å². The Morgan fingerprint density at radius 3 is 2.07 bits per heavy atom. The Morgan fingerprint density at radius 1 is 1.07 bits per heavy atom. The van der Waals surface area contributed by atoms with E-state index in [0.29, 0.717) is 11.8 Å². The molecule has 0 aromatic heterocycles. The summed E-state index contributed by atoms with van der Waals surface area (Å²) in [6.07, 6.45) is 3.17. The Morgan fingerprint density at radius 2 is 1.60 bits per heavy atom. The molecule has 1 saturated heterocycles. The molecule has 82 valence electrons. The van der Waals surface area contributed by atoms with Gasteiger partial charge in [-0.05, 0) is 31.2 Å². The minimum atomic E-state index is -4.58. The van der Waals surface area contributed by atoms with Gasteiger partial charge in [0.15, 0.2) is 0 Å². The van der Waals surface area contributed by atoms with Gasteiger partial charge in [0.2, 0.25) is 0 Å². The van der Waals surface area contributed by atoms with Crippen LogP contribution in [0.15, 0.2) is 0 Å². The van der Waals surface area contributed by atoms with Crippen LogP contribution in [-0.4, -0.2) is 31.5 Å². The first-order valence-corrected chi connectivity index (χ1v) is 5.48. The molecule has 1 aliphatic heterocycles. The van der Waals surface area contributed by atoms with Crippen LogP contribution in [0.5, 0.6) is 0 Å². The molecule has 1 heterocycles. The quantitative estimate of drug-likeness (QED) is 0.610. The minimum Gasteiger partial charge on any atom is -0.449 e. The molecule has 2 rings (SSSR count). The van der Waals surface area contributed by atoms with Gasteiger partial charge in [-0.25, -0.2) is 0 Å². The maximum atomic E-state index is 12.0. The number of fused-ring (bicyclic) bond motifs is 1. The number of likely N-dealkylation sites (tertiary alicyclic amines) is 1. The predicted octanol–water partition coefficient (Wildman–Crippen LogP) is -0.430.